The molecule has 1 saturated heterocycles. The zero-order valence-electron chi connectivity index (χ0n) is 9.31. The normalized spacial score (nSPS) is 25.2. The molecule has 1 aliphatic heterocycles. The van der Waals surface area contributed by atoms with Gasteiger partial charge < -0.3 is 5.32 Å². The van der Waals surface area contributed by atoms with Crippen LogP contribution >= 0.6 is 0 Å². The summed E-state index contributed by atoms with van der Waals surface area (Å²) in [6, 6.07) is 2.92. The highest BCUT2D eigenvalue weighted by Crippen LogP contribution is 2.39. The van der Waals surface area contributed by atoms with Gasteiger partial charge in [-0.05, 0) is 37.6 Å². The largest absolute Gasteiger partial charge is 0.416 e. The smallest absolute Gasteiger partial charge is 0.314 e. The van der Waals surface area contributed by atoms with Gasteiger partial charge in [0.1, 0.15) is 5.82 Å². The van der Waals surface area contributed by atoms with Crippen molar-refractivity contribution < 1.29 is 17.6 Å². The first-order chi connectivity index (χ1) is 7.89. The minimum Gasteiger partial charge on any atom is -0.314 e. The van der Waals surface area contributed by atoms with E-state index in [1.165, 1.54) is 6.07 Å². The predicted molar refractivity (Wildman–Crippen MR) is 56.2 cm³/mol. The molecule has 94 valence electrons. The summed E-state index contributed by atoms with van der Waals surface area (Å²) in [5, 5.41) is 3.10. The van der Waals surface area contributed by atoms with E-state index in [9.17, 15) is 17.6 Å². The van der Waals surface area contributed by atoms with Gasteiger partial charge in [-0.3, -0.25) is 0 Å². The molecule has 0 saturated carbocycles. The highest BCUT2D eigenvalue weighted by molar-refractivity contribution is 5.35. The SMILES string of the molecule is CC1NCCC1c1ccc(F)cc1C(F)(F)F. The lowest BCUT2D eigenvalue weighted by Gasteiger charge is -2.20. The molecule has 1 aliphatic rings. The molecule has 17 heavy (non-hydrogen) atoms. The number of hydrogen-bond donors (Lipinski definition) is 1. The molecule has 1 N–H and O–H groups in total. The molecule has 1 nitrogen and oxygen atoms in total. The van der Waals surface area contributed by atoms with Crippen molar-refractivity contribution in [3.05, 3.63) is 35.1 Å². The minimum absolute atomic E-state index is 0.0124. The van der Waals surface area contributed by atoms with Crippen molar-refractivity contribution in [1.82, 2.24) is 5.32 Å². The summed E-state index contributed by atoms with van der Waals surface area (Å²) in [5.41, 5.74) is -0.658. The van der Waals surface area contributed by atoms with Crippen LogP contribution in [0.1, 0.15) is 30.4 Å². The van der Waals surface area contributed by atoms with E-state index in [2.05, 4.69) is 5.32 Å². The molecule has 5 heteroatoms. The summed E-state index contributed by atoms with van der Waals surface area (Å²) < 4.78 is 51.4. The first-order valence-electron chi connectivity index (χ1n) is 5.49. The molecule has 1 aromatic rings. The van der Waals surface area contributed by atoms with E-state index < -0.39 is 17.6 Å². The van der Waals surface area contributed by atoms with Gasteiger partial charge in [-0.1, -0.05) is 6.07 Å². The Morgan fingerprint density at radius 2 is 2.00 bits per heavy atom. The van der Waals surface area contributed by atoms with E-state index in [-0.39, 0.29) is 17.5 Å². The zero-order chi connectivity index (χ0) is 12.6. The van der Waals surface area contributed by atoms with Gasteiger partial charge in [0.15, 0.2) is 0 Å². The molecular formula is C12H13F4N. The van der Waals surface area contributed by atoms with Crippen molar-refractivity contribution in [3.63, 3.8) is 0 Å². The fourth-order valence-electron chi connectivity index (χ4n) is 2.38. The predicted octanol–water partition coefficient (Wildman–Crippen LogP) is 3.31. The standard InChI is InChI=1S/C12H13F4N/c1-7-9(4-5-17-7)10-3-2-8(13)6-11(10)12(14,15)16/h2-3,6-7,9,17H,4-5H2,1H3. The molecule has 0 aromatic heterocycles. The van der Waals surface area contributed by atoms with Crippen LogP contribution in [0.2, 0.25) is 0 Å². The van der Waals surface area contributed by atoms with E-state index >= 15 is 0 Å². The van der Waals surface area contributed by atoms with Crippen molar-refractivity contribution in [3.8, 4) is 0 Å². The van der Waals surface area contributed by atoms with Crippen molar-refractivity contribution in [2.24, 2.45) is 0 Å². The van der Waals surface area contributed by atoms with Gasteiger partial charge in [0, 0.05) is 12.0 Å². The summed E-state index contributed by atoms with van der Waals surface area (Å²) in [6.07, 6.45) is -3.85. The van der Waals surface area contributed by atoms with Crippen LogP contribution in [-0.2, 0) is 6.18 Å². The van der Waals surface area contributed by atoms with Gasteiger partial charge in [0.25, 0.3) is 0 Å². The molecule has 1 fully saturated rings. The van der Waals surface area contributed by atoms with Crippen LogP contribution in [0.4, 0.5) is 17.6 Å². The molecular weight excluding hydrogens is 234 g/mol. The third kappa shape index (κ3) is 2.44. The first-order valence-corrected chi connectivity index (χ1v) is 5.49. The van der Waals surface area contributed by atoms with Gasteiger partial charge in [0.2, 0.25) is 0 Å². The Morgan fingerprint density at radius 3 is 2.53 bits per heavy atom. The van der Waals surface area contributed by atoms with E-state index in [1.807, 2.05) is 6.92 Å². The number of benzene rings is 1. The van der Waals surface area contributed by atoms with Crippen molar-refractivity contribution >= 4 is 0 Å². The lowest BCUT2D eigenvalue weighted by Crippen LogP contribution is -2.23. The fraction of sp³-hybridized carbons (Fsp3) is 0.500. The quantitative estimate of drug-likeness (QED) is 0.751. The number of hydrogen-bond acceptors (Lipinski definition) is 1. The molecule has 0 bridgehead atoms. The highest BCUT2D eigenvalue weighted by atomic mass is 19.4. The second-order valence-corrected chi connectivity index (χ2v) is 4.37. The van der Waals surface area contributed by atoms with E-state index in [1.54, 1.807) is 0 Å². The maximum atomic E-state index is 12.9. The zero-order valence-corrected chi connectivity index (χ0v) is 9.31. The van der Waals surface area contributed by atoms with Crippen LogP contribution < -0.4 is 5.32 Å². The topological polar surface area (TPSA) is 12.0 Å². The molecule has 0 radical (unpaired) electrons. The number of rotatable bonds is 1. The number of nitrogens with one attached hydrogen (secondary N) is 1. The van der Waals surface area contributed by atoms with Crippen LogP contribution in [0, 0.1) is 5.82 Å². The monoisotopic (exact) mass is 247 g/mol. The van der Waals surface area contributed by atoms with Crippen LogP contribution in [0.3, 0.4) is 0 Å². The third-order valence-corrected chi connectivity index (χ3v) is 3.25. The molecule has 1 heterocycles. The van der Waals surface area contributed by atoms with Crippen LogP contribution in [0.5, 0.6) is 0 Å². The van der Waals surface area contributed by atoms with Crippen molar-refractivity contribution in [2.75, 3.05) is 6.54 Å². The molecule has 2 atom stereocenters. The van der Waals surface area contributed by atoms with E-state index in [0.717, 1.165) is 6.07 Å². The van der Waals surface area contributed by atoms with Crippen molar-refractivity contribution in [1.29, 1.82) is 0 Å². The van der Waals surface area contributed by atoms with Gasteiger partial charge in [-0.2, -0.15) is 13.2 Å². The summed E-state index contributed by atoms with van der Waals surface area (Å²) in [5.74, 6) is -1.05. The van der Waals surface area contributed by atoms with Crippen LogP contribution in [0.15, 0.2) is 18.2 Å². The lowest BCUT2D eigenvalue weighted by atomic mass is 9.89. The second kappa shape index (κ2) is 4.29. The molecule has 2 unspecified atom stereocenters. The average Bonchev–Trinajstić information content (AvgIpc) is 2.63. The number of halogens is 4. The number of alkyl halides is 3. The second-order valence-electron chi connectivity index (χ2n) is 4.37. The summed E-state index contributed by atoms with van der Waals surface area (Å²) in [4.78, 5) is 0. The Hall–Kier alpha value is -1.10. The summed E-state index contributed by atoms with van der Waals surface area (Å²) in [6.45, 7) is 2.54. The third-order valence-electron chi connectivity index (χ3n) is 3.25. The molecule has 1 aromatic carbocycles. The van der Waals surface area contributed by atoms with Crippen LogP contribution in [0.25, 0.3) is 0 Å². The molecule has 0 spiro atoms. The Morgan fingerprint density at radius 1 is 1.29 bits per heavy atom. The highest BCUT2D eigenvalue weighted by Gasteiger charge is 2.37. The Balaban J connectivity index is 2.46. The average molecular weight is 247 g/mol. The van der Waals surface area contributed by atoms with Gasteiger partial charge in [-0.15, -0.1) is 0 Å². The molecule has 2 rings (SSSR count). The Labute approximate surface area is 96.8 Å². The minimum atomic E-state index is -4.50. The maximum Gasteiger partial charge on any atom is 0.416 e. The molecule has 0 amide bonds. The molecule has 0 aliphatic carbocycles. The maximum absolute atomic E-state index is 12.9. The van der Waals surface area contributed by atoms with E-state index in [4.69, 9.17) is 0 Å². The Kier molecular flexibility index (Phi) is 3.12. The van der Waals surface area contributed by atoms with E-state index in [0.29, 0.717) is 19.0 Å². The Bertz CT molecular complexity index is 413. The lowest BCUT2D eigenvalue weighted by molar-refractivity contribution is -0.138. The van der Waals surface area contributed by atoms with Gasteiger partial charge in [-0.25, -0.2) is 4.39 Å². The van der Waals surface area contributed by atoms with Gasteiger partial charge in [0.05, 0.1) is 5.56 Å². The summed E-state index contributed by atoms with van der Waals surface area (Å²) >= 11 is 0. The van der Waals surface area contributed by atoms with Crippen molar-refractivity contribution in [2.45, 2.75) is 31.5 Å². The summed E-state index contributed by atoms with van der Waals surface area (Å²) in [7, 11) is 0. The van der Waals surface area contributed by atoms with Gasteiger partial charge >= 0.3 is 6.18 Å². The fourth-order valence-corrected chi connectivity index (χ4v) is 2.38. The first kappa shape index (κ1) is 12.4. The van der Waals surface area contributed by atoms with Crippen LogP contribution in [-0.4, -0.2) is 12.6 Å².